The first kappa shape index (κ1) is 55.9. The first-order valence-electron chi connectivity index (χ1n) is 25.3. The van der Waals surface area contributed by atoms with Crippen LogP contribution in [0.5, 0.6) is 0 Å². The summed E-state index contributed by atoms with van der Waals surface area (Å²) in [5.41, 5.74) is 0. The van der Waals surface area contributed by atoms with E-state index < -0.39 is 6.10 Å². The van der Waals surface area contributed by atoms with Crippen LogP contribution in [0.15, 0.2) is 24.3 Å². The van der Waals surface area contributed by atoms with Gasteiger partial charge in [0, 0.05) is 19.3 Å². The van der Waals surface area contributed by atoms with Crippen LogP contribution < -0.4 is 0 Å². The van der Waals surface area contributed by atoms with Gasteiger partial charge in [-0.25, -0.2) is 0 Å². The van der Waals surface area contributed by atoms with Gasteiger partial charge in [0.1, 0.15) is 13.2 Å². The molecule has 0 aromatic heterocycles. The molecule has 0 saturated heterocycles. The van der Waals surface area contributed by atoms with Crippen molar-refractivity contribution in [3.63, 3.8) is 0 Å². The van der Waals surface area contributed by atoms with Gasteiger partial charge in [-0.15, -0.1) is 0 Å². The molecule has 0 aliphatic carbocycles. The van der Waals surface area contributed by atoms with Gasteiger partial charge < -0.3 is 14.2 Å². The molecule has 0 fully saturated rings. The van der Waals surface area contributed by atoms with Crippen LogP contribution in [0.2, 0.25) is 0 Å². The Kier molecular flexibility index (Phi) is 45.8. The summed E-state index contributed by atoms with van der Waals surface area (Å²) in [6.45, 7) is 6.54. The highest BCUT2D eigenvalue weighted by molar-refractivity contribution is 5.71. The summed E-state index contributed by atoms with van der Waals surface area (Å²) in [5, 5.41) is 0. The number of hydrogen-bond donors (Lipinski definition) is 0. The van der Waals surface area contributed by atoms with Gasteiger partial charge in [0.2, 0.25) is 0 Å². The van der Waals surface area contributed by atoms with Gasteiger partial charge >= 0.3 is 17.9 Å². The van der Waals surface area contributed by atoms with E-state index >= 15 is 0 Å². The van der Waals surface area contributed by atoms with Crippen molar-refractivity contribution in [1.29, 1.82) is 0 Å². The van der Waals surface area contributed by atoms with Crippen molar-refractivity contribution in [3.05, 3.63) is 24.3 Å². The Morgan fingerprint density at radius 1 is 0.345 bits per heavy atom. The molecular formula is C52H96O6. The highest BCUT2D eigenvalue weighted by Gasteiger charge is 2.19. The average molecular weight is 817 g/mol. The van der Waals surface area contributed by atoms with Crippen molar-refractivity contribution in [1.82, 2.24) is 0 Å². The fourth-order valence-electron chi connectivity index (χ4n) is 7.36. The molecule has 1 atom stereocenters. The fraction of sp³-hybridized carbons (Fsp3) is 0.865. The number of allylic oxidation sites excluding steroid dienone is 4. The van der Waals surface area contributed by atoms with Crippen LogP contribution in [0.1, 0.15) is 271 Å². The maximum Gasteiger partial charge on any atom is 0.306 e. The summed E-state index contributed by atoms with van der Waals surface area (Å²) < 4.78 is 16.6. The highest BCUT2D eigenvalue weighted by atomic mass is 16.6. The standard InChI is InChI=1S/C52H96O6/c1-4-7-10-13-15-17-19-21-23-24-25-26-27-29-30-32-34-36-39-42-45-51(54)57-48-49(47-56-50(53)44-41-38-12-9-6-3)58-52(55)46-43-40-37-35-33-31-28-22-20-18-16-14-11-8-5-2/h16,18,22,28,49H,4-15,17,19-21,23-27,29-48H2,1-3H3/b18-16-,28-22-. The smallest absolute Gasteiger partial charge is 0.306 e. The van der Waals surface area contributed by atoms with Crippen LogP contribution in [-0.2, 0) is 28.6 Å². The molecule has 6 heteroatoms. The van der Waals surface area contributed by atoms with E-state index in [4.69, 9.17) is 14.2 Å². The zero-order valence-corrected chi connectivity index (χ0v) is 38.8. The lowest BCUT2D eigenvalue weighted by Crippen LogP contribution is -2.30. The molecule has 0 bridgehead atoms. The number of unbranched alkanes of at least 4 members (excludes halogenated alkanes) is 31. The first-order chi connectivity index (χ1) is 28.5. The molecule has 340 valence electrons. The van der Waals surface area contributed by atoms with E-state index in [9.17, 15) is 14.4 Å². The third-order valence-electron chi connectivity index (χ3n) is 11.2. The molecule has 0 aliphatic heterocycles. The third kappa shape index (κ3) is 45.0. The molecular weight excluding hydrogens is 721 g/mol. The fourth-order valence-corrected chi connectivity index (χ4v) is 7.36. The van der Waals surface area contributed by atoms with Crippen molar-refractivity contribution >= 4 is 17.9 Å². The number of esters is 3. The Hall–Kier alpha value is -2.11. The zero-order chi connectivity index (χ0) is 42.3. The number of hydrogen-bond acceptors (Lipinski definition) is 6. The van der Waals surface area contributed by atoms with Crippen LogP contribution in [-0.4, -0.2) is 37.2 Å². The van der Waals surface area contributed by atoms with Crippen LogP contribution >= 0.6 is 0 Å². The third-order valence-corrected chi connectivity index (χ3v) is 11.2. The quantitative estimate of drug-likeness (QED) is 0.0263. The van der Waals surface area contributed by atoms with Gasteiger partial charge in [-0.3, -0.25) is 14.4 Å². The molecule has 0 heterocycles. The van der Waals surface area contributed by atoms with E-state index in [-0.39, 0.29) is 31.1 Å². The Morgan fingerprint density at radius 2 is 0.621 bits per heavy atom. The van der Waals surface area contributed by atoms with E-state index in [1.165, 1.54) is 141 Å². The van der Waals surface area contributed by atoms with Crippen molar-refractivity contribution in [3.8, 4) is 0 Å². The molecule has 0 N–H and O–H groups in total. The number of rotatable bonds is 46. The second-order valence-corrected chi connectivity index (χ2v) is 17.1. The monoisotopic (exact) mass is 817 g/mol. The van der Waals surface area contributed by atoms with Gasteiger partial charge in [-0.1, -0.05) is 225 Å². The van der Waals surface area contributed by atoms with Crippen LogP contribution in [0.3, 0.4) is 0 Å². The minimum atomic E-state index is -0.770. The largest absolute Gasteiger partial charge is 0.462 e. The van der Waals surface area contributed by atoms with Gasteiger partial charge in [0.25, 0.3) is 0 Å². The van der Waals surface area contributed by atoms with Gasteiger partial charge in [-0.2, -0.15) is 0 Å². The number of ether oxygens (including phenoxy) is 3. The van der Waals surface area contributed by atoms with E-state index in [0.29, 0.717) is 19.3 Å². The second kappa shape index (κ2) is 47.6. The topological polar surface area (TPSA) is 78.9 Å². The van der Waals surface area contributed by atoms with Gasteiger partial charge in [0.05, 0.1) is 0 Å². The van der Waals surface area contributed by atoms with Gasteiger partial charge in [-0.05, 0) is 51.4 Å². The normalized spacial score (nSPS) is 12.1. The van der Waals surface area contributed by atoms with E-state index in [2.05, 4.69) is 45.1 Å². The molecule has 0 saturated carbocycles. The molecule has 0 amide bonds. The molecule has 0 spiro atoms. The van der Waals surface area contributed by atoms with Crippen molar-refractivity contribution in [2.24, 2.45) is 0 Å². The lowest BCUT2D eigenvalue weighted by atomic mass is 10.0. The zero-order valence-electron chi connectivity index (χ0n) is 38.8. The minimum absolute atomic E-state index is 0.0737. The predicted octanol–water partition coefficient (Wildman–Crippen LogP) is 16.4. The van der Waals surface area contributed by atoms with E-state index in [1.807, 2.05) is 0 Å². The van der Waals surface area contributed by atoms with E-state index in [1.54, 1.807) is 0 Å². The summed E-state index contributed by atoms with van der Waals surface area (Å²) in [7, 11) is 0. The molecule has 0 aliphatic rings. The Bertz CT molecular complexity index is 942. The van der Waals surface area contributed by atoms with Crippen molar-refractivity contribution in [2.75, 3.05) is 13.2 Å². The van der Waals surface area contributed by atoms with Crippen molar-refractivity contribution < 1.29 is 28.6 Å². The summed E-state index contributed by atoms with van der Waals surface area (Å²) in [6.07, 6.45) is 53.4. The molecule has 0 radical (unpaired) electrons. The molecule has 0 rings (SSSR count). The number of carbonyl (C=O) groups excluding carboxylic acids is 3. The maximum absolute atomic E-state index is 12.7. The predicted molar refractivity (Wildman–Crippen MR) is 247 cm³/mol. The van der Waals surface area contributed by atoms with Crippen LogP contribution in [0, 0.1) is 0 Å². The summed E-state index contributed by atoms with van der Waals surface area (Å²) in [5.74, 6) is -0.891. The summed E-state index contributed by atoms with van der Waals surface area (Å²) >= 11 is 0. The van der Waals surface area contributed by atoms with Crippen LogP contribution in [0.25, 0.3) is 0 Å². The lowest BCUT2D eigenvalue weighted by molar-refractivity contribution is -0.167. The molecule has 0 aromatic rings. The molecule has 0 aromatic carbocycles. The lowest BCUT2D eigenvalue weighted by Gasteiger charge is -2.18. The molecule has 1 unspecified atom stereocenters. The summed E-state index contributed by atoms with van der Waals surface area (Å²) in [6, 6.07) is 0. The van der Waals surface area contributed by atoms with Crippen molar-refractivity contribution in [2.45, 2.75) is 277 Å². The summed E-state index contributed by atoms with van der Waals surface area (Å²) in [4.78, 5) is 37.6. The van der Waals surface area contributed by atoms with Gasteiger partial charge in [0.15, 0.2) is 6.10 Å². The van der Waals surface area contributed by atoms with Crippen LogP contribution in [0.4, 0.5) is 0 Å². The minimum Gasteiger partial charge on any atom is -0.462 e. The average Bonchev–Trinajstić information content (AvgIpc) is 3.22. The first-order valence-corrected chi connectivity index (χ1v) is 25.3. The highest BCUT2D eigenvalue weighted by Crippen LogP contribution is 2.16. The Balaban J connectivity index is 4.12. The van der Waals surface area contributed by atoms with E-state index in [0.717, 1.165) is 89.9 Å². The molecule has 58 heavy (non-hydrogen) atoms. The maximum atomic E-state index is 12.7. The Morgan fingerprint density at radius 3 is 0.983 bits per heavy atom. The Labute approximate surface area is 360 Å². The second-order valence-electron chi connectivity index (χ2n) is 17.1. The SMILES string of the molecule is CCCCC/C=C\C/C=C\CCCCCCCC(=O)OC(COC(=O)CCCCCCC)COC(=O)CCCCCCCCCCCCCCCCCCCCCC. The number of carbonyl (C=O) groups is 3. The molecule has 6 nitrogen and oxygen atoms in total.